The molecule has 0 radical (unpaired) electrons. The van der Waals surface area contributed by atoms with Crippen LogP contribution in [-0.4, -0.2) is 56.0 Å². The lowest BCUT2D eigenvalue weighted by atomic mass is 9.95. The first-order valence-corrected chi connectivity index (χ1v) is 9.46. The van der Waals surface area contributed by atoms with Gasteiger partial charge >= 0.3 is 5.97 Å². The van der Waals surface area contributed by atoms with E-state index in [9.17, 15) is 9.59 Å². The second kappa shape index (κ2) is 15.0. The molecule has 26 heavy (non-hydrogen) atoms. The van der Waals surface area contributed by atoms with Crippen molar-refractivity contribution in [2.75, 3.05) is 33.3 Å². The number of guanidine groups is 1. The number of carbonyl (C=O) groups is 2. The molecule has 1 unspecified atom stereocenters. The zero-order valence-corrected chi connectivity index (χ0v) is 18.5. The third kappa shape index (κ3) is 10.8. The first-order chi connectivity index (χ1) is 12.1. The molecular weight excluding hydrogens is 447 g/mol. The van der Waals surface area contributed by atoms with Crippen LogP contribution in [0.1, 0.15) is 58.3 Å². The fourth-order valence-corrected chi connectivity index (χ4v) is 3.22. The monoisotopic (exact) mass is 482 g/mol. The number of esters is 1. The number of nitrogens with zero attached hydrogens (tertiary/aromatic N) is 2. The summed E-state index contributed by atoms with van der Waals surface area (Å²) in [4.78, 5) is 28.9. The van der Waals surface area contributed by atoms with Gasteiger partial charge in [0.05, 0.1) is 6.61 Å². The second-order valence-corrected chi connectivity index (χ2v) is 6.57. The number of nitrogens with one attached hydrogen (secondary N) is 1. The van der Waals surface area contributed by atoms with E-state index in [1.54, 1.807) is 7.05 Å². The number of piperidine rings is 1. The van der Waals surface area contributed by atoms with Crippen molar-refractivity contribution in [2.24, 2.45) is 16.6 Å². The van der Waals surface area contributed by atoms with E-state index in [4.69, 9.17) is 10.5 Å². The minimum Gasteiger partial charge on any atom is -0.466 e. The molecule has 8 heteroatoms. The lowest BCUT2D eigenvalue weighted by Gasteiger charge is -2.34. The topological polar surface area (TPSA) is 97.0 Å². The number of unbranched alkanes of at least 4 members (excludes halogenated alkanes) is 3. The summed E-state index contributed by atoms with van der Waals surface area (Å²) in [7, 11) is 1.79. The molecule has 1 heterocycles. The highest BCUT2D eigenvalue weighted by molar-refractivity contribution is 14.0. The largest absolute Gasteiger partial charge is 0.466 e. The second-order valence-electron chi connectivity index (χ2n) is 6.57. The molecule has 7 nitrogen and oxygen atoms in total. The predicted octanol–water partition coefficient (Wildman–Crippen LogP) is 2.28. The molecule has 1 rings (SSSR count). The lowest BCUT2D eigenvalue weighted by Crippen LogP contribution is -2.47. The quantitative estimate of drug-likeness (QED) is 0.164. The molecule has 0 aliphatic carbocycles. The van der Waals surface area contributed by atoms with E-state index >= 15 is 0 Å². The molecule has 0 aromatic rings. The van der Waals surface area contributed by atoms with Crippen molar-refractivity contribution < 1.29 is 14.3 Å². The summed E-state index contributed by atoms with van der Waals surface area (Å²) >= 11 is 0. The molecule has 0 spiro atoms. The minimum atomic E-state index is -0.224. The molecule has 0 saturated carbocycles. The molecule has 1 saturated heterocycles. The van der Waals surface area contributed by atoms with Crippen LogP contribution in [0.2, 0.25) is 0 Å². The smallest absolute Gasteiger partial charge is 0.305 e. The van der Waals surface area contributed by atoms with Gasteiger partial charge in [-0.1, -0.05) is 12.8 Å². The van der Waals surface area contributed by atoms with E-state index in [-0.39, 0.29) is 35.9 Å². The Balaban J connectivity index is 0.00000625. The van der Waals surface area contributed by atoms with Gasteiger partial charge in [-0.25, -0.2) is 0 Å². The third-order valence-electron chi connectivity index (χ3n) is 4.42. The fourth-order valence-electron chi connectivity index (χ4n) is 3.22. The van der Waals surface area contributed by atoms with Crippen molar-refractivity contribution in [3.05, 3.63) is 0 Å². The number of primary amides is 1. The molecule has 152 valence electrons. The number of carbonyl (C=O) groups excluding carboxylic acids is 2. The van der Waals surface area contributed by atoms with Gasteiger partial charge < -0.3 is 20.7 Å². The normalized spacial score (nSPS) is 17.4. The Morgan fingerprint density at radius 1 is 1.27 bits per heavy atom. The molecule has 1 fully saturated rings. The van der Waals surface area contributed by atoms with Crippen molar-refractivity contribution in [1.82, 2.24) is 10.2 Å². The molecule has 0 bridgehead atoms. The molecule has 1 atom stereocenters. The van der Waals surface area contributed by atoms with Crippen molar-refractivity contribution in [3.8, 4) is 0 Å². The van der Waals surface area contributed by atoms with Gasteiger partial charge in [-0.15, -0.1) is 24.0 Å². The Labute approximate surface area is 174 Å². The van der Waals surface area contributed by atoms with Crippen LogP contribution in [0.25, 0.3) is 0 Å². The number of amides is 1. The standard InChI is InChI=1S/C18H34N4O3.HI/c1-3-25-17(24)10-6-4-5-7-11-21-18(20-2)22-12-8-9-15(14-22)13-16(19)23;/h15H,3-14H2,1-2H3,(H2,19,23)(H,20,21);1H. The highest BCUT2D eigenvalue weighted by atomic mass is 127. The summed E-state index contributed by atoms with van der Waals surface area (Å²) in [5.41, 5.74) is 5.32. The third-order valence-corrected chi connectivity index (χ3v) is 4.42. The Morgan fingerprint density at radius 2 is 2.00 bits per heavy atom. The molecule has 1 aliphatic rings. The maximum atomic E-state index is 11.2. The zero-order chi connectivity index (χ0) is 18.5. The van der Waals surface area contributed by atoms with Crippen molar-refractivity contribution in [1.29, 1.82) is 0 Å². The lowest BCUT2D eigenvalue weighted by molar-refractivity contribution is -0.143. The van der Waals surface area contributed by atoms with Crippen LogP contribution in [-0.2, 0) is 14.3 Å². The number of aliphatic imine (C=N–C) groups is 1. The first-order valence-electron chi connectivity index (χ1n) is 9.46. The number of rotatable bonds is 10. The molecule has 1 amide bonds. The minimum absolute atomic E-state index is 0. The van der Waals surface area contributed by atoms with Crippen LogP contribution in [0, 0.1) is 5.92 Å². The maximum Gasteiger partial charge on any atom is 0.305 e. The Hall–Kier alpha value is -1.06. The van der Waals surface area contributed by atoms with Gasteiger partial charge in [0.1, 0.15) is 0 Å². The van der Waals surface area contributed by atoms with Gasteiger partial charge in [-0.2, -0.15) is 0 Å². The summed E-state index contributed by atoms with van der Waals surface area (Å²) in [6.07, 6.45) is 7.11. The van der Waals surface area contributed by atoms with Crippen LogP contribution in [0.5, 0.6) is 0 Å². The van der Waals surface area contributed by atoms with E-state index in [0.29, 0.717) is 25.4 Å². The summed E-state index contributed by atoms with van der Waals surface area (Å²) in [6.45, 7) is 4.95. The van der Waals surface area contributed by atoms with Crippen LogP contribution in [0.4, 0.5) is 0 Å². The highest BCUT2D eigenvalue weighted by Crippen LogP contribution is 2.19. The number of likely N-dealkylation sites (tertiary alicyclic amines) is 1. The van der Waals surface area contributed by atoms with Gasteiger partial charge in [-0.3, -0.25) is 14.6 Å². The van der Waals surface area contributed by atoms with Crippen LogP contribution >= 0.6 is 24.0 Å². The molecular formula is C18H35IN4O3. The van der Waals surface area contributed by atoms with Crippen molar-refractivity contribution in [3.63, 3.8) is 0 Å². The van der Waals surface area contributed by atoms with Gasteiger partial charge in [0.15, 0.2) is 5.96 Å². The van der Waals surface area contributed by atoms with Crippen LogP contribution in [0.3, 0.4) is 0 Å². The predicted molar refractivity (Wildman–Crippen MR) is 115 cm³/mol. The SMILES string of the molecule is CCOC(=O)CCCCCCNC(=NC)N1CCCC(CC(N)=O)C1.I. The summed E-state index contributed by atoms with van der Waals surface area (Å²) in [5.74, 6) is 0.905. The fraction of sp³-hybridized carbons (Fsp3) is 0.833. The Morgan fingerprint density at radius 3 is 2.65 bits per heavy atom. The summed E-state index contributed by atoms with van der Waals surface area (Å²) in [6, 6.07) is 0. The Bertz CT molecular complexity index is 446. The van der Waals surface area contributed by atoms with E-state index in [2.05, 4.69) is 15.2 Å². The van der Waals surface area contributed by atoms with Gasteiger partial charge in [0.25, 0.3) is 0 Å². The van der Waals surface area contributed by atoms with E-state index < -0.39 is 0 Å². The highest BCUT2D eigenvalue weighted by Gasteiger charge is 2.23. The van der Waals surface area contributed by atoms with Crippen molar-refractivity contribution >= 4 is 41.8 Å². The number of hydrogen-bond donors (Lipinski definition) is 2. The number of hydrogen-bond acceptors (Lipinski definition) is 4. The van der Waals surface area contributed by atoms with Crippen molar-refractivity contribution in [2.45, 2.75) is 58.3 Å². The zero-order valence-electron chi connectivity index (χ0n) is 16.2. The van der Waals surface area contributed by atoms with E-state index in [1.165, 1.54) is 0 Å². The van der Waals surface area contributed by atoms with Gasteiger partial charge in [-0.05, 0) is 38.5 Å². The molecule has 3 N–H and O–H groups in total. The van der Waals surface area contributed by atoms with E-state index in [1.807, 2.05) is 6.92 Å². The molecule has 1 aliphatic heterocycles. The Kier molecular flexibility index (Phi) is 14.4. The molecule has 0 aromatic heterocycles. The average molecular weight is 482 g/mol. The van der Waals surface area contributed by atoms with Crippen LogP contribution < -0.4 is 11.1 Å². The summed E-state index contributed by atoms with van der Waals surface area (Å²) in [5, 5.41) is 3.40. The number of ether oxygens (including phenoxy) is 1. The average Bonchev–Trinajstić information content (AvgIpc) is 2.57. The number of halogens is 1. The van der Waals surface area contributed by atoms with Crippen LogP contribution in [0.15, 0.2) is 4.99 Å². The first kappa shape index (κ1) is 24.9. The number of nitrogens with two attached hydrogens (primary N) is 1. The maximum absolute atomic E-state index is 11.2. The van der Waals surface area contributed by atoms with E-state index in [0.717, 1.165) is 64.1 Å². The summed E-state index contributed by atoms with van der Waals surface area (Å²) < 4.78 is 4.91. The van der Waals surface area contributed by atoms with Gasteiger partial charge in [0, 0.05) is 39.5 Å². The molecule has 0 aromatic carbocycles. The van der Waals surface area contributed by atoms with Gasteiger partial charge in [0.2, 0.25) is 5.91 Å².